The number of thioether (sulfide) groups is 1. The molecule has 3 rings (SSSR count). The van der Waals surface area contributed by atoms with Crippen molar-refractivity contribution in [2.75, 3.05) is 24.9 Å². The third-order valence-corrected chi connectivity index (χ3v) is 6.41. The molecule has 168 valence electrons. The molecule has 3 aromatic rings. The molecule has 0 atom stereocenters. The van der Waals surface area contributed by atoms with Crippen LogP contribution in [-0.2, 0) is 10.5 Å². The summed E-state index contributed by atoms with van der Waals surface area (Å²) in [5.74, 6) is 1.55. The first kappa shape index (κ1) is 23.6. The van der Waals surface area contributed by atoms with Gasteiger partial charge >= 0.3 is 0 Å². The van der Waals surface area contributed by atoms with Gasteiger partial charge in [-0.05, 0) is 36.2 Å². The number of amides is 2. The van der Waals surface area contributed by atoms with E-state index in [2.05, 4.69) is 20.8 Å². The van der Waals surface area contributed by atoms with Gasteiger partial charge in [0.2, 0.25) is 11.0 Å². The molecule has 1 heterocycles. The van der Waals surface area contributed by atoms with E-state index in [-0.39, 0.29) is 11.8 Å². The van der Waals surface area contributed by atoms with Crippen molar-refractivity contribution in [3.05, 3.63) is 53.6 Å². The molecule has 8 nitrogen and oxygen atoms in total. The number of carbonyl (C=O) groups excluding carboxylic acids is 2. The smallest absolute Gasteiger partial charge is 0.255 e. The number of carbonyl (C=O) groups is 2. The molecule has 0 aliphatic carbocycles. The number of hydrogen-bond donors (Lipinski definition) is 2. The van der Waals surface area contributed by atoms with E-state index in [1.807, 2.05) is 19.1 Å². The highest BCUT2D eigenvalue weighted by molar-refractivity contribution is 8.00. The number of hydrogen-bond acceptors (Lipinski definition) is 8. The van der Waals surface area contributed by atoms with Crippen molar-refractivity contribution >= 4 is 45.7 Å². The molecule has 0 radical (unpaired) electrons. The monoisotopic (exact) mass is 472 g/mol. The third kappa shape index (κ3) is 6.44. The van der Waals surface area contributed by atoms with Crippen molar-refractivity contribution < 1.29 is 19.1 Å². The predicted molar refractivity (Wildman–Crippen MR) is 127 cm³/mol. The second-order valence-corrected chi connectivity index (χ2v) is 8.88. The first-order valence-corrected chi connectivity index (χ1v) is 11.7. The highest BCUT2D eigenvalue weighted by Gasteiger charge is 2.12. The maximum Gasteiger partial charge on any atom is 0.255 e. The molecule has 2 amide bonds. The largest absolute Gasteiger partial charge is 0.497 e. The molecule has 0 fully saturated rings. The van der Waals surface area contributed by atoms with Gasteiger partial charge in [0.25, 0.3) is 5.91 Å². The molecular weight excluding hydrogens is 448 g/mol. The first-order chi connectivity index (χ1) is 15.5. The lowest BCUT2D eigenvalue weighted by Crippen LogP contribution is -2.12. The molecule has 0 unspecified atom stereocenters. The summed E-state index contributed by atoms with van der Waals surface area (Å²) in [4.78, 5) is 24.3. The zero-order valence-electron chi connectivity index (χ0n) is 18.0. The van der Waals surface area contributed by atoms with Crippen LogP contribution in [0.5, 0.6) is 11.5 Å². The lowest BCUT2D eigenvalue weighted by atomic mass is 10.1. The van der Waals surface area contributed by atoms with Gasteiger partial charge < -0.3 is 20.1 Å². The van der Waals surface area contributed by atoms with Crippen LogP contribution in [0.25, 0.3) is 0 Å². The standard InChI is InChI=1S/C22H24N4O4S2/c1-4-5-19(27)24-21-25-26-22(32-21)31-13-14-6-8-15(9-7-14)20(28)23-17-12-16(29-2)10-11-18(17)30-3/h6-12H,4-5,13H2,1-3H3,(H,23,28)(H,24,25,27). The Kier molecular flexibility index (Phi) is 8.46. The van der Waals surface area contributed by atoms with Crippen LogP contribution in [0.2, 0.25) is 0 Å². The summed E-state index contributed by atoms with van der Waals surface area (Å²) in [6, 6.07) is 12.6. The van der Waals surface area contributed by atoms with Gasteiger partial charge in [-0.2, -0.15) is 0 Å². The molecule has 10 heteroatoms. The van der Waals surface area contributed by atoms with Gasteiger partial charge in [-0.1, -0.05) is 42.2 Å². The SMILES string of the molecule is CCCC(=O)Nc1nnc(SCc2ccc(C(=O)Nc3cc(OC)ccc3OC)cc2)s1. The summed E-state index contributed by atoms with van der Waals surface area (Å²) in [6.07, 6.45) is 1.25. The van der Waals surface area contributed by atoms with E-state index in [0.29, 0.717) is 40.1 Å². The van der Waals surface area contributed by atoms with Crippen molar-refractivity contribution in [3.8, 4) is 11.5 Å². The Labute approximate surface area is 194 Å². The van der Waals surface area contributed by atoms with Crippen LogP contribution in [0, 0.1) is 0 Å². The summed E-state index contributed by atoms with van der Waals surface area (Å²) in [6.45, 7) is 1.95. The fraction of sp³-hybridized carbons (Fsp3) is 0.273. The normalized spacial score (nSPS) is 10.5. The molecular formula is C22H24N4O4S2. The average Bonchev–Trinajstić information content (AvgIpc) is 3.25. The Morgan fingerprint density at radius 3 is 2.50 bits per heavy atom. The van der Waals surface area contributed by atoms with E-state index in [1.165, 1.54) is 23.1 Å². The Morgan fingerprint density at radius 1 is 1.03 bits per heavy atom. The first-order valence-electron chi connectivity index (χ1n) is 9.90. The van der Waals surface area contributed by atoms with E-state index >= 15 is 0 Å². The van der Waals surface area contributed by atoms with Crippen molar-refractivity contribution in [2.24, 2.45) is 0 Å². The van der Waals surface area contributed by atoms with Crippen LogP contribution in [0.4, 0.5) is 10.8 Å². The van der Waals surface area contributed by atoms with Gasteiger partial charge in [0, 0.05) is 23.8 Å². The molecule has 0 aliphatic rings. The van der Waals surface area contributed by atoms with Crippen LogP contribution < -0.4 is 20.1 Å². The zero-order chi connectivity index (χ0) is 22.9. The van der Waals surface area contributed by atoms with Crippen LogP contribution in [-0.4, -0.2) is 36.2 Å². The van der Waals surface area contributed by atoms with Gasteiger partial charge in [-0.15, -0.1) is 10.2 Å². The zero-order valence-corrected chi connectivity index (χ0v) is 19.6. The van der Waals surface area contributed by atoms with E-state index in [4.69, 9.17) is 9.47 Å². The molecule has 2 aromatic carbocycles. The Morgan fingerprint density at radius 2 is 1.81 bits per heavy atom. The average molecular weight is 473 g/mol. The Balaban J connectivity index is 1.57. The topological polar surface area (TPSA) is 102 Å². The van der Waals surface area contributed by atoms with Crippen LogP contribution in [0.15, 0.2) is 46.8 Å². The molecule has 2 N–H and O–H groups in total. The van der Waals surface area contributed by atoms with Crippen molar-refractivity contribution in [1.29, 1.82) is 0 Å². The van der Waals surface area contributed by atoms with Gasteiger partial charge in [0.05, 0.1) is 19.9 Å². The van der Waals surface area contributed by atoms with Crippen LogP contribution in [0.3, 0.4) is 0 Å². The molecule has 0 spiro atoms. The Bertz CT molecular complexity index is 1070. The van der Waals surface area contributed by atoms with Gasteiger partial charge in [-0.25, -0.2) is 0 Å². The number of nitrogens with zero attached hydrogens (tertiary/aromatic N) is 2. The van der Waals surface area contributed by atoms with Crippen molar-refractivity contribution in [3.63, 3.8) is 0 Å². The second kappa shape index (κ2) is 11.5. The van der Waals surface area contributed by atoms with Crippen molar-refractivity contribution in [1.82, 2.24) is 10.2 Å². The quantitative estimate of drug-likeness (QED) is 0.321. The van der Waals surface area contributed by atoms with Gasteiger partial charge in [-0.3, -0.25) is 9.59 Å². The number of ether oxygens (including phenoxy) is 2. The highest BCUT2D eigenvalue weighted by Crippen LogP contribution is 2.30. The van der Waals surface area contributed by atoms with E-state index in [9.17, 15) is 9.59 Å². The van der Waals surface area contributed by atoms with E-state index in [0.717, 1.165) is 16.3 Å². The number of nitrogens with one attached hydrogen (secondary N) is 2. The summed E-state index contributed by atoms with van der Waals surface area (Å²) < 4.78 is 11.3. The lowest BCUT2D eigenvalue weighted by molar-refractivity contribution is -0.116. The van der Waals surface area contributed by atoms with Gasteiger partial charge in [0.1, 0.15) is 11.5 Å². The van der Waals surface area contributed by atoms with Crippen molar-refractivity contribution in [2.45, 2.75) is 29.9 Å². The molecule has 0 bridgehead atoms. The number of aromatic nitrogens is 2. The van der Waals surface area contributed by atoms with Crippen LogP contribution >= 0.6 is 23.1 Å². The van der Waals surface area contributed by atoms with E-state index < -0.39 is 0 Å². The summed E-state index contributed by atoms with van der Waals surface area (Å²) >= 11 is 2.87. The summed E-state index contributed by atoms with van der Waals surface area (Å²) in [5, 5.41) is 14.2. The minimum atomic E-state index is -0.243. The number of anilines is 2. The Hall–Kier alpha value is -3.11. The second-order valence-electron chi connectivity index (χ2n) is 6.68. The molecule has 0 saturated heterocycles. The predicted octanol–water partition coefficient (Wildman–Crippen LogP) is 4.84. The van der Waals surface area contributed by atoms with Crippen LogP contribution in [0.1, 0.15) is 35.7 Å². The minimum absolute atomic E-state index is 0.0550. The third-order valence-electron chi connectivity index (χ3n) is 4.36. The summed E-state index contributed by atoms with van der Waals surface area (Å²) in [5.41, 5.74) is 2.10. The number of methoxy groups -OCH3 is 2. The fourth-order valence-corrected chi connectivity index (χ4v) is 4.46. The molecule has 32 heavy (non-hydrogen) atoms. The number of rotatable bonds is 10. The fourth-order valence-electron chi connectivity index (χ4n) is 2.73. The maximum atomic E-state index is 12.6. The van der Waals surface area contributed by atoms with E-state index in [1.54, 1.807) is 44.6 Å². The minimum Gasteiger partial charge on any atom is -0.497 e. The maximum absolute atomic E-state index is 12.6. The highest BCUT2D eigenvalue weighted by atomic mass is 32.2. The molecule has 0 aliphatic heterocycles. The summed E-state index contributed by atoms with van der Waals surface area (Å²) in [7, 11) is 3.11. The lowest BCUT2D eigenvalue weighted by Gasteiger charge is -2.12. The molecule has 0 saturated carbocycles. The van der Waals surface area contributed by atoms with Gasteiger partial charge in [0.15, 0.2) is 4.34 Å². The molecule has 1 aromatic heterocycles. The number of benzene rings is 2.